The van der Waals surface area contributed by atoms with Crippen LogP contribution in [-0.2, 0) is 22.5 Å². The van der Waals surface area contributed by atoms with Gasteiger partial charge in [0.25, 0.3) is 0 Å². The summed E-state index contributed by atoms with van der Waals surface area (Å²) in [5.41, 5.74) is 1.95. The number of thioether (sulfide) groups is 1. The Balaban J connectivity index is 0.00000253. The number of alkyl halides is 2. The van der Waals surface area contributed by atoms with E-state index in [2.05, 4.69) is 4.98 Å². The van der Waals surface area contributed by atoms with Crippen LogP contribution >= 0.6 is 35.0 Å². The molecule has 5 rings (SSSR count). The number of aromatic amines is 1. The van der Waals surface area contributed by atoms with Crippen molar-refractivity contribution in [3.05, 3.63) is 81.6 Å². The number of hydrogen-bond acceptors (Lipinski definition) is 8. The highest BCUT2D eigenvalue weighted by Crippen LogP contribution is 2.38. The number of aromatic nitrogens is 1. The van der Waals surface area contributed by atoms with Crippen molar-refractivity contribution in [1.29, 1.82) is 0 Å². The van der Waals surface area contributed by atoms with Crippen LogP contribution in [-0.4, -0.2) is 52.3 Å². The number of benzene rings is 2. The molecule has 2 aliphatic rings. The topological polar surface area (TPSA) is 112 Å². The zero-order chi connectivity index (χ0) is 28.9. The number of phenolic OH excluding ortho intramolecular Hbond substituents is 1. The number of nitrogens with zero attached hydrogens (tertiary/aromatic N) is 1. The number of aromatic hydroxyl groups is 1. The lowest BCUT2D eigenvalue weighted by Gasteiger charge is -2.26. The van der Waals surface area contributed by atoms with Gasteiger partial charge in [0, 0.05) is 30.8 Å². The van der Waals surface area contributed by atoms with Gasteiger partial charge in [-0.3, -0.25) is 4.90 Å². The van der Waals surface area contributed by atoms with Crippen molar-refractivity contribution in [2.45, 2.75) is 51.3 Å². The zero-order valence-electron chi connectivity index (χ0n) is 22.4. The number of halogens is 4. The predicted octanol–water partition coefficient (Wildman–Crippen LogP) is 6.76. The largest absolute Gasteiger partial charge is 0.870 e. The summed E-state index contributed by atoms with van der Waals surface area (Å²) in [4.78, 5) is 18.5. The fourth-order valence-electron chi connectivity index (χ4n) is 4.58. The first-order valence-electron chi connectivity index (χ1n) is 13.2. The molecular formula is C30H34Cl2F2N2O6S. The Bertz CT molecular complexity index is 1360. The Labute approximate surface area is 263 Å². The molecule has 0 bridgehead atoms. The Morgan fingerprint density at radius 1 is 1.12 bits per heavy atom. The van der Waals surface area contributed by atoms with Crippen molar-refractivity contribution in [3.63, 3.8) is 0 Å². The molecule has 3 N–H and O–H groups in total. The molecule has 0 unspecified atom stereocenters. The maximum absolute atomic E-state index is 13.6. The number of carbonyl (C=O) groups is 1. The smallest absolute Gasteiger partial charge is 0.387 e. The second-order valence-corrected chi connectivity index (χ2v) is 12.0. The van der Waals surface area contributed by atoms with E-state index in [0.717, 1.165) is 24.2 Å². The van der Waals surface area contributed by atoms with Crippen LogP contribution in [0, 0.1) is 5.92 Å². The molecule has 0 spiro atoms. The van der Waals surface area contributed by atoms with E-state index < -0.39 is 24.1 Å². The third-order valence-electron chi connectivity index (χ3n) is 6.86. The number of rotatable bonds is 12. The van der Waals surface area contributed by atoms with Gasteiger partial charge in [-0.1, -0.05) is 48.8 Å². The van der Waals surface area contributed by atoms with Crippen LogP contribution in [0.1, 0.15) is 43.1 Å². The van der Waals surface area contributed by atoms with Gasteiger partial charge >= 0.3 is 12.6 Å². The summed E-state index contributed by atoms with van der Waals surface area (Å²) < 4.78 is 42.9. The minimum absolute atomic E-state index is 0. The molecule has 2 heterocycles. The van der Waals surface area contributed by atoms with Crippen molar-refractivity contribution in [2.75, 3.05) is 18.9 Å². The predicted molar refractivity (Wildman–Crippen MR) is 160 cm³/mol. The van der Waals surface area contributed by atoms with Gasteiger partial charge in [-0.05, 0) is 54.2 Å². The van der Waals surface area contributed by atoms with E-state index >= 15 is 0 Å². The average molecular weight is 660 g/mol. The molecule has 1 aromatic heterocycles. The molecule has 0 radical (unpaired) electrons. The van der Waals surface area contributed by atoms with Crippen molar-refractivity contribution >= 4 is 40.9 Å². The van der Waals surface area contributed by atoms with Gasteiger partial charge in [0.2, 0.25) is 0 Å². The Morgan fingerprint density at radius 3 is 2.53 bits per heavy atom. The lowest BCUT2D eigenvalue weighted by atomic mass is 10.0. The van der Waals surface area contributed by atoms with Crippen LogP contribution in [0.5, 0.6) is 17.2 Å². The van der Waals surface area contributed by atoms with Crippen LogP contribution in [0.2, 0.25) is 10.0 Å². The highest BCUT2D eigenvalue weighted by molar-refractivity contribution is 8.00. The minimum Gasteiger partial charge on any atom is -0.870 e. The number of esters is 1. The third kappa shape index (κ3) is 9.33. The summed E-state index contributed by atoms with van der Waals surface area (Å²) in [5.74, 6) is 0.858. The van der Waals surface area contributed by atoms with E-state index in [4.69, 9.17) is 37.4 Å². The molecule has 1 saturated carbocycles. The molecule has 1 aliphatic carbocycles. The first-order chi connectivity index (χ1) is 19.8. The van der Waals surface area contributed by atoms with Crippen molar-refractivity contribution in [3.8, 4) is 17.2 Å². The number of phenols is 1. The van der Waals surface area contributed by atoms with Gasteiger partial charge in [-0.2, -0.15) is 8.78 Å². The molecule has 234 valence electrons. The fourth-order valence-corrected chi connectivity index (χ4v) is 6.26. The van der Waals surface area contributed by atoms with Gasteiger partial charge < -0.3 is 24.8 Å². The summed E-state index contributed by atoms with van der Waals surface area (Å²) in [6.07, 6.45) is 4.48. The second-order valence-electron chi connectivity index (χ2n) is 9.96. The van der Waals surface area contributed by atoms with Crippen LogP contribution in [0.3, 0.4) is 0 Å². The molecule has 3 aromatic rings. The fraction of sp³-hybridized carbons (Fsp3) is 0.400. The monoisotopic (exact) mass is 658 g/mol. The summed E-state index contributed by atoms with van der Waals surface area (Å²) in [6.45, 7) is -1.53. The summed E-state index contributed by atoms with van der Waals surface area (Å²) >= 11 is 14.3. The number of pyridine rings is 1. The first kappa shape index (κ1) is 34.7. The van der Waals surface area contributed by atoms with Crippen molar-refractivity contribution in [1.82, 2.24) is 4.90 Å². The molecule has 1 aliphatic heterocycles. The Kier molecular flexibility index (Phi) is 12.7. The molecule has 8 nitrogen and oxygen atoms in total. The van der Waals surface area contributed by atoms with E-state index in [0.29, 0.717) is 46.8 Å². The molecule has 1 saturated heterocycles. The maximum atomic E-state index is 13.6. The summed E-state index contributed by atoms with van der Waals surface area (Å²) in [6, 6.07) is 11.4. The van der Waals surface area contributed by atoms with E-state index in [1.165, 1.54) is 17.8 Å². The number of carbonyl (C=O) groups excluding carboxylic acids is 1. The molecule has 13 heteroatoms. The van der Waals surface area contributed by atoms with E-state index in [1.54, 1.807) is 42.7 Å². The van der Waals surface area contributed by atoms with E-state index in [9.17, 15) is 18.7 Å². The summed E-state index contributed by atoms with van der Waals surface area (Å²) in [7, 11) is 0. The highest BCUT2D eigenvalue weighted by atomic mass is 35.5. The van der Waals surface area contributed by atoms with Gasteiger partial charge in [0.05, 0.1) is 6.61 Å². The molecule has 2 aromatic carbocycles. The Morgan fingerprint density at radius 2 is 1.86 bits per heavy atom. The molecular weight excluding hydrogens is 625 g/mol. The zero-order valence-corrected chi connectivity index (χ0v) is 24.7. The highest BCUT2D eigenvalue weighted by Gasteiger charge is 2.35. The molecule has 2 atom stereocenters. The van der Waals surface area contributed by atoms with Crippen LogP contribution in [0.25, 0.3) is 0 Å². The first-order valence-corrected chi connectivity index (χ1v) is 15.0. The normalized spacial score (nSPS) is 17.1. The molecule has 43 heavy (non-hydrogen) atoms. The van der Waals surface area contributed by atoms with Crippen molar-refractivity contribution in [2.24, 2.45) is 5.92 Å². The van der Waals surface area contributed by atoms with Gasteiger partial charge in [0.15, 0.2) is 29.3 Å². The van der Waals surface area contributed by atoms with Gasteiger partial charge in [-0.15, -0.1) is 11.8 Å². The Hall–Kier alpha value is -2.83. The molecule has 2 fully saturated rings. The van der Waals surface area contributed by atoms with E-state index in [-0.39, 0.29) is 36.6 Å². The summed E-state index contributed by atoms with van der Waals surface area (Å²) in [5, 5.41) is 10.00. The average Bonchev–Trinajstić information content (AvgIpc) is 3.65. The van der Waals surface area contributed by atoms with Crippen LogP contribution < -0.4 is 14.5 Å². The lowest BCUT2D eigenvalue weighted by molar-refractivity contribution is -0.377. The lowest BCUT2D eigenvalue weighted by Crippen LogP contribution is -2.36. The number of ether oxygens (including phenoxy) is 3. The maximum Gasteiger partial charge on any atom is 0.387 e. The van der Waals surface area contributed by atoms with Crippen LogP contribution in [0.4, 0.5) is 8.78 Å². The van der Waals surface area contributed by atoms with Gasteiger partial charge in [-0.25, -0.2) is 9.78 Å². The third-order valence-corrected chi connectivity index (χ3v) is 8.75. The number of H-pyrrole nitrogens is 1. The second kappa shape index (κ2) is 15.8. The minimum atomic E-state index is -3.02. The number of nitrogens with one attached hydrogen (secondary N) is 1. The molecule has 0 amide bonds. The van der Waals surface area contributed by atoms with Crippen molar-refractivity contribution < 1.29 is 43.4 Å². The quantitative estimate of drug-likeness (QED) is 0.212. The number of hydrogen-bond donors (Lipinski definition) is 1. The standard InChI is InChI=1S/C29H28Cl2F2N2O5S.CH4.H2O/c30-22-13-34-14-23(31)21(22)12-25(19-6-7-24(40-29(32)33)26(11-19)38-16-17-4-5-17)39-28(37)27-35(8-9-41-27)15-18-2-1-3-20(36)10-18;;/h1-3,6-7,10-11,13-14,17,25,27,29,36H,4-5,8-9,12,15-16H2;1H4;1H2/t25-,27-;;/m0../s1. The van der Waals surface area contributed by atoms with Gasteiger partial charge in [0.1, 0.15) is 21.9 Å². The van der Waals surface area contributed by atoms with Crippen LogP contribution in [0.15, 0.2) is 54.9 Å². The SMILES string of the molecule is C.O=C(O[C@@H](Cc1c(Cl)c[nH+]cc1Cl)c1ccc(OC(F)F)c(OCC2CC2)c1)[C@@H]1SCCN1Cc1cccc(O)c1.[OH-]. The van der Waals surface area contributed by atoms with E-state index in [1.807, 2.05) is 11.0 Å².